The van der Waals surface area contributed by atoms with Crippen molar-refractivity contribution in [2.45, 2.75) is 6.92 Å². The summed E-state index contributed by atoms with van der Waals surface area (Å²) in [7, 11) is 1.52. The normalized spacial score (nSPS) is 10.8. The number of para-hydroxylation sites is 2. The van der Waals surface area contributed by atoms with Gasteiger partial charge in [-0.3, -0.25) is 4.79 Å². The number of fused-ring (bicyclic) bond motifs is 1. The zero-order chi connectivity index (χ0) is 19.7. The average molecular weight is 377 g/mol. The lowest BCUT2D eigenvalue weighted by Gasteiger charge is -2.11. The van der Waals surface area contributed by atoms with Crippen molar-refractivity contribution in [2.75, 3.05) is 12.4 Å². The number of benzene rings is 2. The molecule has 1 amide bonds. The Labute approximate surface area is 159 Å². The van der Waals surface area contributed by atoms with Gasteiger partial charge in [-0.05, 0) is 37.3 Å². The Bertz CT molecular complexity index is 1190. The lowest BCUT2D eigenvalue weighted by molar-refractivity contribution is 0.102. The number of aromatic nitrogens is 2. The number of pyridine rings is 1. The van der Waals surface area contributed by atoms with Gasteiger partial charge in [0, 0.05) is 5.56 Å². The number of aryl methyl sites for hydroxylation is 1. The van der Waals surface area contributed by atoms with Gasteiger partial charge in [0.2, 0.25) is 0 Å². The summed E-state index contributed by atoms with van der Waals surface area (Å²) in [6.07, 6.45) is 0. The zero-order valence-electron chi connectivity index (χ0n) is 15.2. The third kappa shape index (κ3) is 3.07. The van der Waals surface area contributed by atoms with Crippen molar-refractivity contribution >= 4 is 22.7 Å². The Kier molecular flexibility index (Phi) is 4.49. The summed E-state index contributed by atoms with van der Waals surface area (Å²) in [6, 6.07) is 14.8. The molecule has 2 aromatic heterocycles. The van der Waals surface area contributed by atoms with E-state index in [-0.39, 0.29) is 22.5 Å². The first-order valence-electron chi connectivity index (χ1n) is 8.55. The van der Waals surface area contributed by atoms with E-state index in [4.69, 9.17) is 9.26 Å². The molecule has 0 aliphatic rings. The highest BCUT2D eigenvalue weighted by Gasteiger charge is 2.21. The van der Waals surface area contributed by atoms with E-state index in [1.165, 1.54) is 19.2 Å². The number of carbonyl (C=O) groups is 1. The highest BCUT2D eigenvalue weighted by Crippen LogP contribution is 2.30. The molecule has 1 N–H and O–H groups in total. The number of nitrogens with one attached hydrogen (secondary N) is 1. The molecule has 6 nitrogen and oxygen atoms in total. The molecule has 28 heavy (non-hydrogen) atoms. The van der Waals surface area contributed by atoms with Gasteiger partial charge in [0.1, 0.15) is 11.6 Å². The fourth-order valence-electron chi connectivity index (χ4n) is 3.02. The molecule has 140 valence electrons. The molecule has 0 saturated heterocycles. The van der Waals surface area contributed by atoms with Crippen LogP contribution in [0.15, 0.2) is 59.1 Å². The molecule has 2 heterocycles. The fraction of sp³-hybridized carbons (Fsp3) is 0.0952. The van der Waals surface area contributed by atoms with Crippen LogP contribution in [0.3, 0.4) is 0 Å². The van der Waals surface area contributed by atoms with Crippen molar-refractivity contribution in [3.63, 3.8) is 0 Å². The first kappa shape index (κ1) is 17.7. The first-order chi connectivity index (χ1) is 13.6. The van der Waals surface area contributed by atoms with Crippen molar-refractivity contribution in [1.29, 1.82) is 0 Å². The summed E-state index contributed by atoms with van der Waals surface area (Å²) in [5, 5.41) is 7.21. The van der Waals surface area contributed by atoms with Crippen LogP contribution in [0.4, 0.5) is 10.1 Å². The maximum atomic E-state index is 14.3. The van der Waals surface area contributed by atoms with Gasteiger partial charge in [0.05, 0.1) is 35.1 Å². The van der Waals surface area contributed by atoms with Crippen LogP contribution in [0, 0.1) is 12.7 Å². The lowest BCUT2D eigenvalue weighted by atomic mass is 10.0. The van der Waals surface area contributed by atoms with Crippen LogP contribution in [-0.2, 0) is 0 Å². The molecule has 0 aliphatic heterocycles. The van der Waals surface area contributed by atoms with E-state index in [0.29, 0.717) is 22.5 Å². The van der Waals surface area contributed by atoms with Crippen molar-refractivity contribution < 1.29 is 18.4 Å². The summed E-state index contributed by atoms with van der Waals surface area (Å²) in [4.78, 5) is 17.4. The van der Waals surface area contributed by atoms with Crippen LogP contribution < -0.4 is 10.1 Å². The number of methoxy groups -OCH3 is 1. The first-order valence-corrected chi connectivity index (χ1v) is 8.55. The number of rotatable bonds is 4. The van der Waals surface area contributed by atoms with E-state index in [0.717, 1.165) is 0 Å². The van der Waals surface area contributed by atoms with E-state index in [9.17, 15) is 9.18 Å². The van der Waals surface area contributed by atoms with Gasteiger partial charge in [-0.2, -0.15) is 0 Å². The maximum Gasteiger partial charge on any atom is 0.259 e. The summed E-state index contributed by atoms with van der Waals surface area (Å²) < 4.78 is 24.8. The third-order valence-corrected chi connectivity index (χ3v) is 4.37. The summed E-state index contributed by atoms with van der Waals surface area (Å²) in [5.41, 5.74) is 2.04. The minimum atomic E-state index is -0.443. The van der Waals surface area contributed by atoms with Gasteiger partial charge in [0.25, 0.3) is 11.6 Å². The molecule has 0 bridgehead atoms. The molecule has 0 spiro atoms. The van der Waals surface area contributed by atoms with Crippen LogP contribution in [0.25, 0.3) is 22.4 Å². The Balaban J connectivity index is 1.84. The van der Waals surface area contributed by atoms with Gasteiger partial charge in [-0.25, -0.2) is 9.37 Å². The Hall–Kier alpha value is -3.74. The van der Waals surface area contributed by atoms with Crippen LogP contribution >= 0.6 is 0 Å². The number of hydrogen-bond acceptors (Lipinski definition) is 5. The van der Waals surface area contributed by atoms with E-state index in [1.807, 2.05) is 0 Å². The lowest BCUT2D eigenvalue weighted by Crippen LogP contribution is -2.14. The van der Waals surface area contributed by atoms with Crippen LogP contribution in [0.1, 0.15) is 16.1 Å². The standard InChI is InChI=1S/C21H16FN3O3/c1-12-19-14(20(26)23-16-9-5-6-10-18(16)27-2)11-17(24-21(19)28-25-12)13-7-3-4-8-15(13)22/h3-11H,1-2H3,(H,23,26). The second-order valence-electron chi connectivity index (χ2n) is 6.14. The highest BCUT2D eigenvalue weighted by atomic mass is 19.1. The molecule has 0 unspecified atom stereocenters. The second-order valence-corrected chi connectivity index (χ2v) is 6.14. The molecule has 0 aliphatic carbocycles. The number of nitrogens with zero attached hydrogens (tertiary/aromatic N) is 2. The zero-order valence-corrected chi connectivity index (χ0v) is 15.2. The summed E-state index contributed by atoms with van der Waals surface area (Å²) in [5.74, 6) is -0.319. The fourth-order valence-corrected chi connectivity index (χ4v) is 3.02. The molecule has 2 aromatic carbocycles. The van der Waals surface area contributed by atoms with Crippen molar-refractivity contribution in [3.05, 3.63) is 71.7 Å². The van der Waals surface area contributed by atoms with Crippen molar-refractivity contribution in [1.82, 2.24) is 10.1 Å². The molecule has 0 atom stereocenters. The molecule has 4 aromatic rings. The maximum absolute atomic E-state index is 14.3. The van der Waals surface area contributed by atoms with E-state index >= 15 is 0 Å². The number of amides is 1. The minimum Gasteiger partial charge on any atom is -0.495 e. The predicted octanol–water partition coefficient (Wildman–Crippen LogP) is 4.60. The quantitative estimate of drug-likeness (QED) is 0.562. The van der Waals surface area contributed by atoms with Gasteiger partial charge >= 0.3 is 0 Å². The number of halogens is 1. The number of hydrogen-bond donors (Lipinski definition) is 1. The molecule has 0 fully saturated rings. The molecular formula is C21H16FN3O3. The van der Waals surface area contributed by atoms with Gasteiger partial charge < -0.3 is 14.6 Å². The third-order valence-electron chi connectivity index (χ3n) is 4.37. The van der Waals surface area contributed by atoms with Crippen LogP contribution in [0.2, 0.25) is 0 Å². The van der Waals surface area contributed by atoms with Gasteiger partial charge in [-0.15, -0.1) is 0 Å². The minimum absolute atomic E-state index is 0.170. The molecular weight excluding hydrogens is 361 g/mol. The van der Waals surface area contributed by atoms with Crippen molar-refractivity contribution in [3.8, 4) is 17.0 Å². The Morgan fingerprint density at radius 3 is 2.68 bits per heavy atom. The SMILES string of the molecule is COc1ccccc1NC(=O)c1cc(-c2ccccc2F)nc2onc(C)c12. The number of anilines is 1. The summed E-state index contributed by atoms with van der Waals surface area (Å²) in [6.45, 7) is 1.72. The second kappa shape index (κ2) is 7.11. The molecule has 0 saturated carbocycles. The summed E-state index contributed by atoms with van der Waals surface area (Å²) >= 11 is 0. The van der Waals surface area contributed by atoms with Crippen LogP contribution in [0.5, 0.6) is 5.75 Å². The van der Waals surface area contributed by atoms with Gasteiger partial charge in [-0.1, -0.05) is 29.4 Å². The van der Waals surface area contributed by atoms with E-state index in [1.54, 1.807) is 49.4 Å². The highest BCUT2D eigenvalue weighted by molar-refractivity contribution is 6.13. The molecule has 7 heteroatoms. The monoisotopic (exact) mass is 377 g/mol. The largest absolute Gasteiger partial charge is 0.495 e. The number of carbonyl (C=O) groups excluding carboxylic acids is 1. The molecule has 4 rings (SSSR count). The molecule has 0 radical (unpaired) electrons. The van der Waals surface area contributed by atoms with E-state index < -0.39 is 11.7 Å². The van der Waals surface area contributed by atoms with Crippen LogP contribution in [-0.4, -0.2) is 23.2 Å². The van der Waals surface area contributed by atoms with Crippen molar-refractivity contribution in [2.24, 2.45) is 0 Å². The topological polar surface area (TPSA) is 77.2 Å². The Morgan fingerprint density at radius 1 is 1.14 bits per heavy atom. The average Bonchev–Trinajstić information content (AvgIpc) is 3.09. The Morgan fingerprint density at radius 2 is 1.89 bits per heavy atom. The smallest absolute Gasteiger partial charge is 0.259 e. The predicted molar refractivity (Wildman–Crippen MR) is 103 cm³/mol. The van der Waals surface area contributed by atoms with Gasteiger partial charge in [0.15, 0.2) is 0 Å². The number of ether oxygens (including phenoxy) is 1. The van der Waals surface area contributed by atoms with E-state index in [2.05, 4.69) is 15.5 Å².